The average Bonchev–Trinajstić information content (AvgIpc) is 2.86. The molecule has 0 spiro atoms. The summed E-state index contributed by atoms with van der Waals surface area (Å²) in [7, 11) is 0. The van der Waals surface area contributed by atoms with Crippen LogP contribution in [0.3, 0.4) is 0 Å². The number of anilines is 1. The largest absolute Gasteiger partial charge is 0.494 e. The Balaban J connectivity index is 1.52. The summed E-state index contributed by atoms with van der Waals surface area (Å²) in [4.78, 5) is 27.2. The van der Waals surface area contributed by atoms with Gasteiger partial charge in [0.15, 0.2) is 5.11 Å². The van der Waals surface area contributed by atoms with E-state index < -0.39 is 11.8 Å². The fraction of sp³-hybridized carbons (Fsp3) is 0.179. The first kappa shape index (κ1) is 24.2. The Bertz CT molecular complexity index is 1240. The summed E-state index contributed by atoms with van der Waals surface area (Å²) in [6.45, 7) is 2.76. The summed E-state index contributed by atoms with van der Waals surface area (Å²) < 4.78 is 11.6. The zero-order valence-corrected chi connectivity index (χ0v) is 20.2. The molecule has 0 bridgehead atoms. The molecule has 1 fully saturated rings. The van der Waals surface area contributed by atoms with E-state index in [-0.39, 0.29) is 10.7 Å². The molecule has 1 aliphatic rings. The predicted molar refractivity (Wildman–Crippen MR) is 141 cm³/mol. The molecule has 0 unspecified atom stereocenters. The highest BCUT2D eigenvalue weighted by atomic mass is 32.1. The number of nitrogens with one attached hydrogen (secondary N) is 1. The Morgan fingerprint density at radius 3 is 2.34 bits per heavy atom. The monoisotopic (exact) mass is 486 g/mol. The number of nitrogens with zero attached hydrogens (tertiary/aromatic N) is 1. The maximum absolute atomic E-state index is 13.3. The molecule has 35 heavy (non-hydrogen) atoms. The van der Waals surface area contributed by atoms with Gasteiger partial charge in [0.1, 0.15) is 22.8 Å². The second-order valence-corrected chi connectivity index (χ2v) is 8.38. The van der Waals surface area contributed by atoms with E-state index in [9.17, 15) is 9.59 Å². The molecular weight excluding hydrogens is 460 g/mol. The topological polar surface area (TPSA) is 67.9 Å². The minimum Gasteiger partial charge on any atom is -0.494 e. The first-order valence-corrected chi connectivity index (χ1v) is 11.9. The summed E-state index contributed by atoms with van der Waals surface area (Å²) in [6, 6.07) is 23.7. The van der Waals surface area contributed by atoms with E-state index in [1.807, 2.05) is 54.6 Å². The lowest BCUT2D eigenvalue weighted by Gasteiger charge is -2.29. The number of ether oxygens (including phenoxy) is 2. The number of para-hydroxylation sites is 1. The summed E-state index contributed by atoms with van der Waals surface area (Å²) in [5.74, 6) is 0.990. The lowest BCUT2D eigenvalue weighted by atomic mass is 10.1. The number of rotatable bonds is 9. The molecule has 0 aromatic heterocycles. The van der Waals surface area contributed by atoms with Gasteiger partial charge in [0.25, 0.3) is 11.8 Å². The fourth-order valence-corrected chi connectivity index (χ4v) is 3.86. The van der Waals surface area contributed by atoms with E-state index in [4.69, 9.17) is 21.7 Å². The average molecular weight is 487 g/mol. The molecule has 3 aromatic carbocycles. The number of unbranched alkanes of at least 4 members (excludes halogenated alkanes) is 2. The molecule has 0 radical (unpaired) electrons. The number of hydrogen-bond donors (Lipinski definition) is 1. The van der Waals surface area contributed by atoms with Crippen LogP contribution in [0.25, 0.3) is 6.08 Å². The fourth-order valence-electron chi connectivity index (χ4n) is 3.58. The second kappa shape index (κ2) is 11.4. The van der Waals surface area contributed by atoms with E-state index in [1.54, 1.807) is 30.3 Å². The zero-order chi connectivity index (χ0) is 24.6. The minimum absolute atomic E-state index is 0.00801. The molecule has 7 heteroatoms. The Hall–Kier alpha value is -3.97. The second-order valence-electron chi connectivity index (χ2n) is 7.99. The van der Waals surface area contributed by atoms with Crippen molar-refractivity contribution >= 4 is 40.9 Å². The summed E-state index contributed by atoms with van der Waals surface area (Å²) in [6.07, 6.45) is 4.75. The molecule has 0 aliphatic carbocycles. The Kier molecular flexibility index (Phi) is 7.90. The van der Waals surface area contributed by atoms with Gasteiger partial charge in [-0.25, -0.2) is 0 Å². The van der Waals surface area contributed by atoms with Gasteiger partial charge in [-0.15, -0.1) is 0 Å². The van der Waals surface area contributed by atoms with Gasteiger partial charge in [-0.1, -0.05) is 50.1 Å². The van der Waals surface area contributed by atoms with Crippen molar-refractivity contribution in [2.45, 2.75) is 26.2 Å². The van der Waals surface area contributed by atoms with Crippen molar-refractivity contribution in [2.24, 2.45) is 0 Å². The molecule has 4 rings (SSSR count). The van der Waals surface area contributed by atoms with Crippen molar-refractivity contribution in [2.75, 3.05) is 11.5 Å². The van der Waals surface area contributed by atoms with Crippen molar-refractivity contribution in [3.8, 4) is 17.2 Å². The molecule has 0 atom stereocenters. The van der Waals surface area contributed by atoms with Crippen molar-refractivity contribution in [1.29, 1.82) is 0 Å². The van der Waals surface area contributed by atoms with Gasteiger partial charge in [-0.3, -0.25) is 19.8 Å². The Morgan fingerprint density at radius 2 is 1.60 bits per heavy atom. The SMILES string of the molecule is CCCCCOc1cccc(C=C2C(=O)NC(=S)N(c3ccc(Oc4ccccc4)cc3)C2=O)c1. The van der Waals surface area contributed by atoms with Gasteiger partial charge in [0.2, 0.25) is 0 Å². The van der Waals surface area contributed by atoms with Crippen LogP contribution >= 0.6 is 12.2 Å². The van der Waals surface area contributed by atoms with Crippen LogP contribution < -0.4 is 19.7 Å². The highest BCUT2D eigenvalue weighted by molar-refractivity contribution is 7.80. The van der Waals surface area contributed by atoms with Crippen LogP contribution in [0.1, 0.15) is 31.7 Å². The number of thiocarbonyl (C=S) groups is 1. The first-order chi connectivity index (χ1) is 17.0. The van der Waals surface area contributed by atoms with Crippen LogP contribution in [-0.2, 0) is 9.59 Å². The van der Waals surface area contributed by atoms with E-state index >= 15 is 0 Å². The van der Waals surface area contributed by atoms with Crippen LogP contribution in [0, 0.1) is 0 Å². The standard InChI is InChI=1S/C28H26N2O4S/c1-2-3-7-17-33-24-12-8-9-20(18-24)19-25-26(31)29-28(35)30(27(25)32)21-13-15-23(16-14-21)34-22-10-5-4-6-11-22/h4-6,8-16,18-19H,2-3,7,17H2,1H3,(H,29,31,35). The number of carbonyl (C=O) groups is 2. The third-order valence-corrected chi connectivity index (χ3v) is 5.65. The Labute approximate surface area is 210 Å². The summed E-state index contributed by atoms with van der Waals surface area (Å²) in [5, 5.41) is 2.64. The lowest BCUT2D eigenvalue weighted by molar-refractivity contribution is -0.122. The molecule has 6 nitrogen and oxygen atoms in total. The quantitative estimate of drug-likeness (QED) is 0.177. The van der Waals surface area contributed by atoms with Crippen molar-refractivity contribution in [3.63, 3.8) is 0 Å². The highest BCUT2D eigenvalue weighted by Crippen LogP contribution is 2.27. The van der Waals surface area contributed by atoms with Gasteiger partial charge in [-0.2, -0.15) is 0 Å². The Morgan fingerprint density at radius 1 is 0.886 bits per heavy atom. The van der Waals surface area contributed by atoms with Crippen LogP contribution in [0.5, 0.6) is 17.2 Å². The normalized spacial score (nSPS) is 14.7. The van der Waals surface area contributed by atoms with E-state index in [0.29, 0.717) is 35.1 Å². The highest BCUT2D eigenvalue weighted by Gasteiger charge is 2.34. The van der Waals surface area contributed by atoms with Crippen molar-refractivity contribution < 1.29 is 19.1 Å². The maximum Gasteiger partial charge on any atom is 0.270 e. The predicted octanol–water partition coefficient (Wildman–Crippen LogP) is 5.88. The summed E-state index contributed by atoms with van der Waals surface area (Å²) >= 11 is 5.30. The first-order valence-electron chi connectivity index (χ1n) is 11.5. The number of amides is 2. The number of benzene rings is 3. The van der Waals surface area contributed by atoms with E-state index in [0.717, 1.165) is 19.3 Å². The molecule has 1 heterocycles. The lowest BCUT2D eigenvalue weighted by Crippen LogP contribution is -2.54. The zero-order valence-electron chi connectivity index (χ0n) is 19.4. The van der Waals surface area contributed by atoms with Gasteiger partial charge in [0.05, 0.1) is 12.3 Å². The van der Waals surface area contributed by atoms with Crippen LogP contribution in [0.15, 0.2) is 84.4 Å². The van der Waals surface area contributed by atoms with Gasteiger partial charge in [-0.05, 0) is 78.8 Å². The smallest absolute Gasteiger partial charge is 0.270 e. The van der Waals surface area contributed by atoms with Crippen LogP contribution in [-0.4, -0.2) is 23.5 Å². The third kappa shape index (κ3) is 6.13. The molecule has 3 aromatic rings. The molecule has 1 saturated heterocycles. The van der Waals surface area contributed by atoms with E-state index in [1.165, 1.54) is 4.90 Å². The number of carbonyl (C=O) groups excluding carboxylic acids is 2. The van der Waals surface area contributed by atoms with Gasteiger partial charge < -0.3 is 9.47 Å². The molecule has 1 aliphatic heterocycles. The maximum atomic E-state index is 13.3. The molecular formula is C28H26N2O4S. The van der Waals surface area contributed by atoms with Gasteiger partial charge >= 0.3 is 0 Å². The van der Waals surface area contributed by atoms with Crippen molar-refractivity contribution in [1.82, 2.24) is 5.32 Å². The molecule has 0 saturated carbocycles. The number of hydrogen-bond acceptors (Lipinski definition) is 5. The molecule has 1 N–H and O–H groups in total. The van der Waals surface area contributed by atoms with Crippen LogP contribution in [0.4, 0.5) is 5.69 Å². The molecule has 2 amide bonds. The molecule has 178 valence electrons. The van der Waals surface area contributed by atoms with Gasteiger partial charge in [0, 0.05) is 0 Å². The van der Waals surface area contributed by atoms with Crippen molar-refractivity contribution in [3.05, 3.63) is 90.0 Å². The van der Waals surface area contributed by atoms with Crippen LogP contribution in [0.2, 0.25) is 0 Å². The summed E-state index contributed by atoms with van der Waals surface area (Å²) in [5.41, 5.74) is 1.21. The minimum atomic E-state index is -0.533. The van der Waals surface area contributed by atoms with E-state index in [2.05, 4.69) is 12.2 Å². The third-order valence-electron chi connectivity index (χ3n) is 5.36.